The average molecular weight is 867 g/mol. The zero-order valence-corrected chi connectivity index (χ0v) is 31.8. The van der Waals surface area contributed by atoms with Crippen LogP contribution in [0.3, 0.4) is 0 Å². The molecule has 0 radical (unpaired) electrons. The first-order valence-electron chi connectivity index (χ1n) is 18.7. The summed E-state index contributed by atoms with van der Waals surface area (Å²) in [6.45, 7) is 0.936. The Labute approximate surface area is 346 Å². The van der Waals surface area contributed by atoms with E-state index >= 15 is 17.6 Å². The quantitative estimate of drug-likeness (QED) is 0.128. The van der Waals surface area contributed by atoms with Crippen molar-refractivity contribution >= 4 is 44.1 Å². The second-order valence-electron chi connectivity index (χ2n) is 14.6. The number of nitrogens with zero attached hydrogens (tertiary/aromatic N) is 2. The number of hydrogen-bond donors (Lipinski definition) is 0. The van der Waals surface area contributed by atoms with Crippen molar-refractivity contribution < 1.29 is 57.1 Å². The summed E-state index contributed by atoms with van der Waals surface area (Å²) in [6, 6.07) is 26.0. The van der Waals surface area contributed by atoms with E-state index in [-0.39, 0.29) is 38.8 Å². The molecule has 15 heteroatoms. The first-order chi connectivity index (χ1) is 30.1. The first-order valence-corrected chi connectivity index (χ1v) is 18.7. The van der Waals surface area contributed by atoms with Gasteiger partial charge < -0.3 is 8.83 Å². The molecule has 0 unspecified atom stereocenters. The predicted octanol–water partition coefficient (Wildman–Crippen LogP) is 15.1. The van der Waals surface area contributed by atoms with Gasteiger partial charge in [-0.2, -0.15) is 13.2 Å². The number of hydrogen-bond acceptors (Lipinski definition) is 4. The largest absolute Gasteiger partial charge is 0.453 e. The number of para-hydroxylation sites is 2. The third kappa shape index (κ3) is 5.97. The molecular formula is C48H21F11N2O2. The van der Waals surface area contributed by atoms with Gasteiger partial charge >= 0.3 is 6.18 Å². The summed E-state index contributed by atoms with van der Waals surface area (Å²) in [5.74, 6) is -15.8. The summed E-state index contributed by atoms with van der Waals surface area (Å²) in [4.78, 5) is 8.76. The minimum Gasteiger partial charge on any atom is -0.453 e. The van der Waals surface area contributed by atoms with Crippen LogP contribution in [0.25, 0.3) is 99.8 Å². The van der Waals surface area contributed by atoms with Crippen LogP contribution in [0, 0.1) is 53.5 Å². The van der Waals surface area contributed by atoms with Gasteiger partial charge in [0, 0.05) is 51.0 Å². The highest BCUT2D eigenvalue weighted by Gasteiger charge is 2.43. The Bertz CT molecular complexity index is 3480. The molecule has 4 nitrogen and oxygen atoms in total. The second kappa shape index (κ2) is 14.3. The van der Waals surface area contributed by atoms with Gasteiger partial charge in [-0.25, -0.2) is 35.1 Å². The van der Waals surface area contributed by atoms with E-state index in [0.717, 1.165) is 24.1 Å². The Kier molecular flexibility index (Phi) is 8.96. The first kappa shape index (κ1) is 39.6. The third-order valence-electron chi connectivity index (χ3n) is 11.1. The molecule has 4 aromatic heterocycles. The van der Waals surface area contributed by atoms with Crippen molar-refractivity contribution in [1.29, 1.82) is 0 Å². The molecule has 0 N–H and O–H groups in total. The van der Waals surface area contributed by atoms with Crippen LogP contribution < -0.4 is 0 Å². The molecule has 0 fully saturated rings. The van der Waals surface area contributed by atoms with E-state index in [1.807, 2.05) is 36.4 Å². The summed E-state index contributed by atoms with van der Waals surface area (Å²) in [5, 5.41) is 0.540. The monoisotopic (exact) mass is 866 g/mol. The van der Waals surface area contributed by atoms with Gasteiger partial charge in [0.25, 0.3) is 0 Å². The van der Waals surface area contributed by atoms with Crippen molar-refractivity contribution in [2.45, 2.75) is 13.1 Å². The highest BCUT2D eigenvalue weighted by atomic mass is 19.4. The molecule has 0 aliphatic carbocycles. The summed E-state index contributed by atoms with van der Waals surface area (Å²) in [5.41, 5.74) is -1.94. The van der Waals surface area contributed by atoms with Crippen LogP contribution in [0.1, 0.15) is 11.1 Å². The molecule has 0 aliphatic rings. The SMILES string of the molecule is Cc1c(F)c(F)c(-c2cccc3c2oc2c(-c4ccc(-c5ccc(-c6ccnc7c6oc6c(-c8c(F)c(F)c(C(F)(F)F)c(F)c8F)cccc67)cc5)cc4)ccnc23)c(F)c1F. The van der Waals surface area contributed by atoms with Crippen LogP contribution in [-0.2, 0) is 6.18 Å². The summed E-state index contributed by atoms with van der Waals surface area (Å²) >= 11 is 0. The van der Waals surface area contributed by atoms with Crippen LogP contribution in [-0.4, -0.2) is 9.97 Å². The summed E-state index contributed by atoms with van der Waals surface area (Å²) < 4.78 is 171. The van der Waals surface area contributed by atoms with Crippen molar-refractivity contribution in [3.8, 4) is 55.6 Å². The van der Waals surface area contributed by atoms with E-state index < -0.39 is 80.5 Å². The van der Waals surface area contributed by atoms with Crippen LogP contribution in [0.4, 0.5) is 48.3 Å². The van der Waals surface area contributed by atoms with E-state index in [4.69, 9.17) is 8.83 Å². The lowest BCUT2D eigenvalue weighted by Gasteiger charge is -2.14. The molecule has 0 atom stereocenters. The lowest BCUT2D eigenvalue weighted by Crippen LogP contribution is -2.16. The third-order valence-corrected chi connectivity index (χ3v) is 11.1. The van der Waals surface area contributed by atoms with Gasteiger partial charge in [-0.3, -0.25) is 9.97 Å². The highest BCUT2D eigenvalue weighted by Crippen LogP contribution is 2.45. The van der Waals surface area contributed by atoms with Crippen molar-refractivity contribution in [2.24, 2.45) is 0 Å². The Hall–Kier alpha value is -7.55. The van der Waals surface area contributed by atoms with Gasteiger partial charge in [-0.05, 0) is 53.4 Å². The number of fused-ring (bicyclic) bond motifs is 6. The van der Waals surface area contributed by atoms with E-state index in [1.165, 1.54) is 36.7 Å². The van der Waals surface area contributed by atoms with Gasteiger partial charge in [0.05, 0.1) is 11.1 Å². The van der Waals surface area contributed by atoms with E-state index in [0.29, 0.717) is 33.2 Å². The number of benzene rings is 6. The van der Waals surface area contributed by atoms with Gasteiger partial charge in [-0.1, -0.05) is 72.8 Å². The van der Waals surface area contributed by atoms with Gasteiger partial charge in [0.1, 0.15) is 27.8 Å². The van der Waals surface area contributed by atoms with Crippen LogP contribution in [0.15, 0.2) is 118 Å². The van der Waals surface area contributed by atoms with E-state index in [9.17, 15) is 30.7 Å². The Morgan fingerprint density at radius 1 is 0.397 bits per heavy atom. The molecule has 4 heterocycles. The fraction of sp³-hybridized carbons (Fsp3) is 0.0417. The van der Waals surface area contributed by atoms with Crippen LogP contribution in [0.5, 0.6) is 0 Å². The number of furan rings is 2. The standard InChI is InChI=1S/C48H21F11N2O2/c1-20-34(49)36(51)31(37(52)35(20)50)27-4-2-6-29-42-46(62-44(27)29)25(16-18-60-42)23-12-8-21(9-13-23)22-10-14-24(15-11-22)26-17-19-61-43-30-7-3-5-28(45(30)63-47(26)43)32-38(53)40(55)33(48(57,58)59)41(56)39(32)54/h2-19H,1H3. The zero-order valence-electron chi connectivity index (χ0n) is 31.8. The molecule has 10 rings (SSSR count). The molecule has 0 spiro atoms. The number of alkyl halides is 3. The number of pyridine rings is 2. The number of aromatic nitrogens is 2. The van der Waals surface area contributed by atoms with Crippen molar-refractivity contribution in [3.05, 3.63) is 167 Å². The number of rotatable bonds is 5. The minimum atomic E-state index is -5.71. The molecule has 0 saturated carbocycles. The van der Waals surface area contributed by atoms with Crippen molar-refractivity contribution in [1.82, 2.24) is 9.97 Å². The maximum Gasteiger partial charge on any atom is 0.422 e. The maximum atomic E-state index is 15.2. The minimum absolute atomic E-state index is 0.0214. The normalized spacial score (nSPS) is 12.1. The zero-order chi connectivity index (χ0) is 44.2. The molecule has 10 aromatic rings. The predicted molar refractivity (Wildman–Crippen MR) is 213 cm³/mol. The lowest BCUT2D eigenvalue weighted by molar-refractivity contribution is -0.143. The fourth-order valence-corrected chi connectivity index (χ4v) is 7.99. The average Bonchev–Trinajstić information content (AvgIpc) is 3.87. The molecule has 0 saturated heterocycles. The van der Waals surface area contributed by atoms with Crippen LogP contribution >= 0.6 is 0 Å². The Morgan fingerprint density at radius 3 is 1.14 bits per heavy atom. The second-order valence-corrected chi connectivity index (χ2v) is 14.6. The molecule has 0 aliphatic heterocycles. The smallest absolute Gasteiger partial charge is 0.422 e. The molecule has 63 heavy (non-hydrogen) atoms. The highest BCUT2D eigenvalue weighted by molar-refractivity contribution is 6.12. The molecule has 0 bridgehead atoms. The maximum absolute atomic E-state index is 15.2. The number of halogens is 11. The van der Waals surface area contributed by atoms with Gasteiger partial charge in [0.2, 0.25) is 0 Å². The molecule has 312 valence electrons. The van der Waals surface area contributed by atoms with E-state index in [1.54, 1.807) is 30.3 Å². The topological polar surface area (TPSA) is 52.1 Å². The Balaban J connectivity index is 0.992. The van der Waals surface area contributed by atoms with Crippen molar-refractivity contribution in [2.75, 3.05) is 0 Å². The van der Waals surface area contributed by atoms with Crippen LogP contribution in [0.2, 0.25) is 0 Å². The summed E-state index contributed by atoms with van der Waals surface area (Å²) in [6.07, 6.45) is -2.73. The fourth-order valence-electron chi connectivity index (χ4n) is 7.99. The van der Waals surface area contributed by atoms with Gasteiger partial charge in [-0.15, -0.1) is 0 Å². The molecular weight excluding hydrogens is 846 g/mol. The summed E-state index contributed by atoms with van der Waals surface area (Å²) in [7, 11) is 0. The Morgan fingerprint density at radius 2 is 0.762 bits per heavy atom. The molecule has 6 aromatic carbocycles. The van der Waals surface area contributed by atoms with Crippen molar-refractivity contribution in [3.63, 3.8) is 0 Å². The molecule has 0 amide bonds. The van der Waals surface area contributed by atoms with Gasteiger partial charge in [0.15, 0.2) is 57.7 Å². The lowest BCUT2D eigenvalue weighted by atomic mass is 9.97. The van der Waals surface area contributed by atoms with E-state index in [2.05, 4.69) is 9.97 Å².